The van der Waals surface area contributed by atoms with E-state index in [2.05, 4.69) is 39.8 Å². The molecule has 132 valence electrons. The van der Waals surface area contributed by atoms with E-state index in [0.29, 0.717) is 5.56 Å². The van der Waals surface area contributed by atoms with Gasteiger partial charge in [-0.3, -0.25) is 0 Å². The molecule has 0 aromatic heterocycles. The highest BCUT2D eigenvalue weighted by Crippen LogP contribution is 2.37. The maximum Gasteiger partial charge on any atom is 0.338 e. The van der Waals surface area contributed by atoms with Gasteiger partial charge in [0, 0.05) is 0 Å². The third-order valence-electron chi connectivity index (χ3n) is 4.49. The molecule has 0 spiro atoms. The second-order valence-electron chi connectivity index (χ2n) is 7.43. The molecule has 0 saturated carbocycles. The third-order valence-corrected chi connectivity index (χ3v) is 8.94. The van der Waals surface area contributed by atoms with Crippen LogP contribution in [0.1, 0.15) is 38.1 Å². The quantitative estimate of drug-likeness (QED) is 0.485. The van der Waals surface area contributed by atoms with Gasteiger partial charge in [-0.15, -0.1) is 6.42 Å². The standard InChI is InChI=1S/C19H28O4Si/c1-8-16(23-24(6,7)19(3,4)5)17(20)14(2)22-18(21)15-12-10-9-11-13-15/h1,9-14,16-17,20H,2-7H3/t14-,16+,17+/m1/s1. The van der Waals surface area contributed by atoms with Gasteiger partial charge in [0.1, 0.15) is 18.3 Å². The van der Waals surface area contributed by atoms with Crippen LogP contribution in [-0.2, 0) is 9.16 Å². The lowest BCUT2D eigenvalue weighted by Gasteiger charge is -2.39. The molecule has 0 aliphatic heterocycles. The Hall–Kier alpha value is -1.61. The Morgan fingerprint density at radius 2 is 1.79 bits per heavy atom. The first-order valence-corrected chi connectivity index (χ1v) is 11.0. The van der Waals surface area contributed by atoms with Crippen LogP contribution >= 0.6 is 0 Å². The molecule has 3 atom stereocenters. The summed E-state index contributed by atoms with van der Waals surface area (Å²) >= 11 is 0. The average molecular weight is 349 g/mol. The second kappa shape index (κ2) is 7.97. The Bertz CT molecular complexity index is 584. The number of aliphatic hydroxyl groups excluding tert-OH is 1. The largest absolute Gasteiger partial charge is 0.456 e. The summed E-state index contributed by atoms with van der Waals surface area (Å²) in [5.74, 6) is 2.00. The van der Waals surface area contributed by atoms with Gasteiger partial charge in [0.05, 0.1) is 5.56 Å². The first-order chi connectivity index (χ1) is 11.0. The molecule has 1 aromatic carbocycles. The smallest absolute Gasteiger partial charge is 0.338 e. The van der Waals surface area contributed by atoms with Crippen molar-refractivity contribution in [3.05, 3.63) is 35.9 Å². The predicted octanol–water partition coefficient (Wildman–Crippen LogP) is 3.62. The number of carbonyl (C=O) groups is 1. The van der Waals surface area contributed by atoms with Gasteiger partial charge in [-0.05, 0) is 37.2 Å². The number of hydrogen-bond donors (Lipinski definition) is 1. The maximum atomic E-state index is 12.1. The molecule has 0 bridgehead atoms. The topological polar surface area (TPSA) is 55.8 Å². The normalized spacial score (nSPS) is 15.9. The van der Waals surface area contributed by atoms with Crippen molar-refractivity contribution < 1.29 is 19.1 Å². The molecule has 0 radical (unpaired) electrons. The SMILES string of the molecule is C#C[C@H](O[Si](C)(C)C(C)(C)C)[C@@H](O)[C@@H](C)OC(=O)c1ccccc1. The van der Waals surface area contributed by atoms with Crippen LogP contribution in [-0.4, -0.2) is 37.7 Å². The highest BCUT2D eigenvalue weighted by atomic mass is 28.4. The van der Waals surface area contributed by atoms with Gasteiger partial charge in [-0.2, -0.15) is 0 Å². The van der Waals surface area contributed by atoms with Gasteiger partial charge in [0.2, 0.25) is 0 Å². The van der Waals surface area contributed by atoms with E-state index in [1.54, 1.807) is 31.2 Å². The lowest BCUT2D eigenvalue weighted by Crippen LogP contribution is -2.49. The molecule has 5 heteroatoms. The van der Waals surface area contributed by atoms with E-state index in [4.69, 9.17) is 15.6 Å². The van der Waals surface area contributed by atoms with Crippen LogP contribution in [0.5, 0.6) is 0 Å². The van der Waals surface area contributed by atoms with E-state index < -0.39 is 32.6 Å². The minimum atomic E-state index is -2.14. The van der Waals surface area contributed by atoms with E-state index in [1.165, 1.54) is 0 Å². The molecule has 0 amide bonds. The van der Waals surface area contributed by atoms with E-state index in [1.807, 2.05) is 6.07 Å². The number of ether oxygens (including phenoxy) is 1. The molecule has 1 aromatic rings. The van der Waals surface area contributed by atoms with Crippen molar-refractivity contribution in [1.82, 2.24) is 0 Å². The molecular formula is C19H28O4Si. The Labute approximate surface area is 146 Å². The van der Waals surface area contributed by atoms with Gasteiger partial charge >= 0.3 is 5.97 Å². The molecule has 1 rings (SSSR count). The fraction of sp³-hybridized carbons (Fsp3) is 0.526. The molecule has 0 fully saturated rings. The first kappa shape index (κ1) is 20.4. The summed E-state index contributed by atoms with van der Waals surface area (Å²) in [7, 11) is -2.14. The fourth-order valence-electron chi connectivity index (χ4n) is 1.82. The zero-order chi connectivity index (χ0) is 18.5. The molecule has 24 heavy (non-hydrogen) atoms. The van der Waals surface area contributed by atoms with Gasteiger partial charge in [0.15, 0.2) is 8.32 Å². The summed E-state index contributed by atoms with van der Waals surface area (Å²) in [6.07, 6.45) is 2.87. The number of carbonyl (C=O) groups excluding carboxylic acids is 1. The van der Waals surface area contributed by atoms with Crippen LogP contribution in [0.4, 0.5) is 0 Å². The molecule has 1 N–H and O–H groups in total. The van der Waals surface area contributed by atoms with E-state index in [9.17, 15) is 9.90 Å². The van der Waals surface area contributed by atoms with Gasteiger partial charge in [0.25, 0.3) is 0 Å². The Morgan fingerprint density at radius 3 is 2.25 bits per heavy atom. The summed E-state index contributed by atoms with van der Waals surface area (Å²) in [4.78, 5) is 12.1. The predicted molar refractivity (Wildman–Crippen MR) is 98.2 cm³/mol. The minimum Gasteiger partial charge on any atom is -0.456 e. The molecule has 0 aliphatic rings. The van der Waals surface area contributed by atoms with Crippen molar-refractivity contribution in [3.8, 4) is 12.3 Å². The summed E-state index contributed by atoms with van der Waals surface area (Å²) in [5, 5.41) is 10.4. The molecule has 4 nitrogen and oxygen atoms in total. The minimum absolute atomic E-state index is 0.0359. The molecular weight excluding hydrogens is 320 g/mol. The summed E-state index contributed by atoms with van der Waals surface area (Å²) in [5.41, 5.74) is 0.430. The van der Waals surface area contributed by atoms with Crippen molar-refractivity contribution in [2.24, 2.45) is 0 Å². The Kier molecular flexibility index (Phi) is 6.79. The average Bonchev–Trinajstić information content (AvgIpc) is 2.51. The third kappa shape index (κ3) is 5.20. The highest BCUT2D eigenvalue weighted by Gasteiger charge is 2.41. The molecule has 0 heterocycles. The molecule has 0 unspecified atom stereocenters. The van der Waals surface area contributed by atoms with Crippen LogP contribution in [0.15, 0.2) is 30.3 Å². The van der Waals surface area contributed by atoms with Crippen molar-refractivity contribution >= 4 is 14.3 Å². The van der Waals surface area contributed by atoms with Gasteiger partial charge in [-0.1, -0.05) is 44.9 Å². The fourth-order valence-corrected chi connectivity index (χ4v) is 3.02. The number of aliphatic hydroxyl groups is 1. The monoisotopic (exact) mass is 348 g/mol. The number of hydrogen-bond acceptors (Lipinski definition) is 4. The van der Waals surface area contributed by atoms with E-state index in [-0.39, 0.29) is 5.04 Å². The van der Waals surface area contributed by atoms with E-state index in [0.717, 1.165) is 0 Å². The maximum absolute atomic E-state index is 12.1. The van der Waals surface area contributed by atoms with Crippen molar-refractivity contribution in [2.75, 3.05) is 0 Å². The van der Waals surface area contributed by atoms with Crippen LogP contribution < -0.4 is 0 Å². The number of benzene rings is 1. The Balaban J connectivity index is 2.77. The number of rotatable bonds is 6. The lowest BCUT2D eigenvalue weighted by molar-refractivity contribution is -0.0430. The summed E-state index contributed by atoms with van der Waals surface area (Å²) in [6, 6.07) is 8.64. The molecule has 0 aliphatic carbocycles. The highest BCUT2D eigenvalue weighted by molar-refractivity contribution is 6.74. The summed E-state index contributed by atoms with van der Waals surface area (Å²) in [6.45, 7) is 12.0. The van der Waals surface area contributed by atoms with Crippen LogP contribution in [0.25, 0.3) is 0 Å². The second-order valence-corrected chi connectivity index (χ2v) is 12.2. The van der Waals surface area contributed by atoms with Crippen molar-refractivity contribution in [3.63, 3.8) is 0 Å². The zero-order valence-corrected chi connectivity index (χ0v) is 16.4. The number of terminal acetylenes is 1. The Morgan fingerprint density at radius 1 is 1.25 bits per heavy atom. The van der Waals surface area contributed by atoms with Gasteiger partial charge < -0.3 is 14.3 Å². The van der Waals surface area contributed by atoms with Crippen LogP contribution in [0.2, 0.25) is 18.1 Å². The van der Waals surface area contributed by atoms with E-state index >= 15 is 0 Å². The van der Waals surface area contributed by atoms with Gasteiger partial charge in [-0.25, -0.2) is 4.79 Å². The number of esters is 1. The van der Waals surface area contributed by atoms with Crippen LogP contribution in [0.3, 0.4) is 0 Å². The summed E-state index contributed by atoms with van der Waals surface area (Å²) < 4.78 is 11.4. The van der Waals surface area contributed by atoms with Crippen molar-refractivity contribution in [1.29, 1.82) is 0 Å². The lowest BCUT2D eigenvalue weighted by atomic mass is 10.1. The van der Waals surface area contributed by atoms with Crippen molar-refractivity contribution in [2.45, 2.75) is 64.1 Å². The molecule has 0 saturated heterocycles. The zero-order valence-electron chi connectivity index (χ0n) is 15.4. The first-order valence-electron chi connectivity index (χ1n) is 8.07. The van der Waals surface area contributed by atoms with Crippen LogP contribution in [0, 0.1) is 12.3 Å².